The van der Waals surface area contributed by atoms with Crippen molar-refractivity contribution in [1.82, 2.24) is 0 Å². The summed E-state index contributed by atoms with van der Waals surface area (Å²) in [6, 6.07) is 0. The Hall–Kier alpha value is -0.780. The zero-order chi connectivity index (χ0) is 10.3. The lowest BCUT2D eigenvalue weighted by Crippen LogP contribution is -1.89. The standard InChI is InChI=1S/C13H22/c1-6-8-12(4)9-7-10-13(5)11(2)3/h7-9,11H,5-6,10H2,1-4H3/b9-7-,12-8-. The molecule has 0 aromatic carbocycles. The summed E-state index contributed by atoms with van der Waals surface area (Å²) in [5, 5.41) is 0. The zero-order valence-electron chi connectivity index (χ0n) is 9.43. The van der Waals surface area contributed by atoms with E-state index in [1.54, 1.807) is 0 Å². The molecule has 0 N–H and O–H groups in total. The zero-order valence-corrected chi connectivity index (χ0v) is 9.43. The van der Waals surface area contributed by atoms with E-state index < -0.39 is 0 Å². The summed E-state index contributed by atoms with van der Waals surface area (Å²) >= 11 is 0. The molecule has 0 aliphatic heterocycles. The third-order valence-corrected chi connectivity index (χ3v) is 2.10. The van der Waals surface area contributed by atoms with Gasteiger partial charge in [-0.25, -0.2) is 0 Å². The van der Waals surface area contributed by atoms with Gasteiger partial charge in [-0.15, -0.1) is 0 Å². The second-order valence-electron chi connectivity index (χ2n) is 3.78. The summed E-state index contributed by atoms with van der Waals surface area (Å²) in [4.78, 5) is 0. The Morgan fingerprint density at radius 3 is 2.46 bits per heavy atom. The SMILES string of the molecule is C=C(C/C=C\C(C)=C/CC)C(C)C. The predicted octanol–water partition coefficient (Wildman–Crippen LogP) is 4.50. The van der Waals surface area contributed by atoms with Crippen LogP contribution in [0.25, 0.3) is 0 Å². The third kappa shape index (κ3) is 6.39. The fourth-order valence-electron chi connectivity index (χ4n) is 1.02. The van der Waals surface area contributed by atoms with E-state index in [0.29, 0.717) is 5.92 Å². The van der Waals surface area contributed by atoms with Crippen molar-refractivity contribution in [3.63, 3.8) is 0 Å². The van der Waals surface area contributed by atoms with Crippen LogP contribution in [0.5, 0.6) is 0 Å². The van der Waals surface area contributed by atoms with E-state index >= 15 is 0 Å². The highest BCUT2D eigenvalue weighted by molar-refractivity contribution is 5.17. The van der Waals surface area contributed by atoms with E-state index in [0.717, 1.165) is 12.8 Å². The van der Waals surface area contributed by atoms with Gasteiger partial charge >= 0.3 is 0 Å². The molecule has 0 saturated heterocycles. The van der Waals surface area contributed by atoms with Crippen LogP contribution in [-0.2, 0) is 0 Å². The van der Waals surface area contributed by atoms with Crippen LogP contribution in [0.15, 0.2) is 36.0 Å². The lowest BCUT2D eigenvalue weighted by atomic mass is 10.0. The fraction of sp³-hybridized carbons (Fsp3) is 0.538. The van der Waals surface area contributed by atoms with Crippen molar-refractivity contribution in [1.29, 1.82) is 0 Å². The molecule has 0 fully saturated rings. The van der Waals surface area contributed by atoms with Gasteiger partial charge in [-0.3, -0.25) is 0 Å². The van der Waals surface area contributed by atoms with E-state index in [4.69, 9.17) is 0 Å². The molecule has 74 valence electrons. The second kappa shape index (κ2) is 6.71. The molecular formula is C13H22. The highest BCUT2D eigenvalue weighted by Crippen LogP contribution is 2.12. The molecule has 0 nitrogen and oxygen atoms in total. The molecule has 0 rings (SSSR count). The van der Waals surface area contributed by atoms with Gasteiger partial charge in [-0.1, -0.05) is 56.7 Å². The largest absolute Gasteiger partial charge is 0.0993 e. The summed E-state index contributed by atoms with van der Waals surface area (Å²) in [7, 11) is 0. The van der Waals surface area contributed by atoms with E-state index in [1.165, 1.54) is 11.1 Å². The van der Waals surface area contributed by atoms with Crippen LogP contribution >= 0.6 is 0 Å². The first kappa shape index (κ1) is 12.2. The van der Waals surface area contributed by atoms with Crippen molar-refractivity contribution in [3.8, 4) is 0 Å². The predicted molar refractivity (Wildman–Crippen MR) is 61.8 cm³/mol. The van der Waals surface area contributed by atoms with E-state index in [2.05, 4.69) is 52.5 Å². The molecule has 0 amide bonds. The minimum Gasteiger partial charge on any atom is -0.0993 e. The Kier molecular flexibility index (Phi) is 6.30. The van der Waals surface area contributed by atoms with Crippen LogP contribution in [0.2, 0.25) is 0 Å². The smallest absolute Gasteiger partial charge is 0.0136 e. The first-order chi connectivity index (χ1) is 6.07. The average molecular weight is 178 g/mol. The normalized spacial score (nSPS) is 12.8. The number of hydrogen-bond donors (Lipinski definition) is 0. The summed E-state index contributed by atoms with van der Waals surface area (Å²) in [6.07, 6.45) is 8.73. The van der Waals surface area contributed by atoms with Gasteiger partial charge in [0.1, 0.15) is 0 Å². The van der Waals surface area contributed by atoms with Crippen molar-refractivity contribution < 1.29 is 0 Å². The molecule has 0 heteroatoms. The summed E-state index contributed by atoms with van der Waals surface area (Å²) < 4.78 is 0. The van der Waals surface area contributed by atoms with Crippen LogP contribution in [0, 0.1) is 5.92 Å². The minimum atomic E-state index is 0.597. The Morgan fingerprint density at radius 2 is 2.00 bits per heavy atom. The molecule has 0 radical (unpaired) electrons. The van der Waals surface area contributed by atoms with Gasteiger partial charge in [0.2, 0.25) is 0 Å². The first-order valence-corrected chi connectivity index (χ1v) is 5.08. The molecule has 0 aliphatic rings. The van der Waals surface area contributed by atoms with Crippen LogP contribution in [0.4, 0.5) is 0 Å². The number of rotatable bonds is 5. The van der Waals surface area contributed by atoms with E-state index in [1.807, 2.05) is 0 Å². The molecule has 0 aromatic rings. The molecule has 0 spiro atoms. The minimum absolute atomic E-state index is 0.597. The first-order valence-electron chi connectivity index (χ1n) is 5.08. The Labute approximate surface area is 83.0 Å². The van der Waals surface area contributed by atoms with Crippen molar-refractivity contribution in [2.24, 2.45) is 5.92 Å². The van der Waals surface area contributed by atoms with Crippen LogP contribution in [0.1, 0.15) is 40.5 Å². The van der Waals surface area contributed by atoms with Gasteiger partial charge < -0.3 is 0 Å². The number of hydrogen-bond acceptors (Lipinski definition) is 0. The molecule has 0 heterocycles. The lowest BCUT2D eigenvalue weighted by Gasteiger charge is -2.04. The molecule has 13 heavy (non-hydrogen) atoms. The van der Waals surface area contributed by atoms with Gasteiger partial charge in [0.25, 0.3) is 0 Å². The van der Waals surface area contributed by atoms with Crippen molar-refractivity contribution in [2.75, 3.05) is 0 Å². The van der Waals surface area contributed by atoms with Gasteiger partial charge in [0.05, 0.1) is 0 Å². The topological polar surface area (TPSA) is 0 Å². The maximum Gasteiger partial charge on any atom is -0.0136 e. The third-order valence-electron chi connectivity index (χ3n) is 2.10. The Bertz CT molecular complexity index is 204. The molecule has 0 atom stereocenters. The summed E-state index contributed by atoms with van der Waals surface area (Å²) in [5.41, 5.74) is 2.65. The Balaban J connectivity index is 3.88. The number of allylic oxidation sites excluding steroid dienone is 5. The molecule has 0 aromatic heterocycles. The fourth-order valence-corrected chi connectivity index (χ4v) is 1.02. The monoisotopic (exact) mass is 178 g/mol. The molecule has 0 aliphatic carbocycles. The van der Waals surface area contributed by atoms with Gasteiger partial charge in [0, 0.05) is 0 Å². The van der Waals surface area contributed by atoms with Crippen LogP contribution < -0.4 is 0 Å². The van der Waals surface area contributed by atoms with Crippen LogP contribution in [0.3, 0.4) is 0 Å². The van der Waals surface area contributed by atoms with E-state index in [9.17, 15) is 0 Å². The molecular weight excluding hydrogens is 156 g/mol. The van der Waals surface area contributed by atoms with Crippen molar-refractivity contribution >= 4 is 0 Å². The van der Waals surface area contributed by atoms with E-state index in [-0.39, 0.29) is 0 Å². The Morgan fingerprint density at radius 1 is 1.38 bits per heavy atom. The molecule has 0 bridgehead atoms. The molecule has 0 saturated carbocycles. The summed E-state index contributed by atoms with van der Waals surface area (Å²) in [5.74, 6) is 0.597. The van der Waals surface area contributed by atoms with Crippen molar-refractivity contribution in [2.45, 2.75) is 40.5 Å². The van der Waals surface area contributed by atoms with Gasteiger partial charge in [0.15, 0.2) is 0 Å². The average Bonchev–Trinajstić information content (AvgIpc) is 2.04. The van der Waals surface area contributed by atoms with Crippen LogP contribution in [-0.4, -0.2) is 0 Å². The highest BCUT2D eigenvalue weighted by atomic mass is 14.0. The maximum absolute atomic E-state index is 4.03. The highest BCUT2D eigenvalue weighted by Gasteiger charge is 1.95. The van der Waals surface area contributed by atoms with Gasteiger partial charge in [-0.05, 0) is 25.7 Å². The maximum atomic E-state index is 4.03. The van der Waals surface area contributed by atoms with Gasteiger partial charge in [-0.2, -0.15) is 0 Å². The summed E-state index contributed by atoms with van der Waals surface area (Å²) in [6.45, 7) is 12.7. The second-order valence-corrected chi connectivity index (χ2v) is 3.78. The lowest BCUT2D eigenvalue weighted by molar-refractivity contribution is 0.751. The van der Waals surface area contributed by atoms with Crippen molar-refractivity contribution in [3.05, 3.63) is 36.0 Å². The quantitative estimate of drug-likeness (QED) is 0.429. The molecule has 0 unspecified atom stereocenters.